The number of unbranched alkanes of at least 4 members (excludes halogenated alkanes) is 1. The lowest BCUT2D eigenvalue weighted by Crippen LogP contribution is -2.49. The van der Waals surface area contributed by atoms with Gasteiger partial charge in [0.15, 0.2) is 0 Å². The Hall–Kier alpha value is -2.27. The fraction of sp³-hybridized carbons (Fsp3) is 0.462. The summed E-state index contributed by atoms with van der Waals surface area (Å²) in [7, 11) is 0. The highest BCUT2D eigenvalue weighted by atomic mass is 32.2. The quantitative estimate of drug-likeness (QED) is 0.458. The Balaban J connectivity index is 2.10. The highest BCUT2D eigenvalue weighted by Gasteiger charge is 2.28. The fourth-order valence-electron chi connectivity index (χ4n) is 3.42. The van der Waals surface area contributed by atoms with Crippen LogP contribution in [0.2, 0.25) is 0 Å². The van der Waals surface area contributed by atoms with E-state index in [-0.39, 0.29) is 11.8 Å². The average molecular weight is 441 g/mol. The van der Waals surface area contributed by atoms with Crippen LogP contribution in [0.15, 0.2) is 48.5 Å². The molecule has 2 amide bonds. The lowest BCUT2D eigenvalue weighted by Gasteiger charge is -2.30. The molecule has 168 valence electrons. The van der Waals surface area contributed by atoms with Gasteiger partial charge in [-0.1, -0.05) is 74.4 Å². The Morgan fingerprint density at radius 1 is 1.03 bits per heavy atom. The number of hydrogen-bond donors (Lipinski definition) is 1. The maximum absolute atomic E-state index is 13.2. The van der Waals surface area contributed by atoms with E-state index in [2.05, 4.69) is 31.3 Å². The third kappa shape index (κ3) is 8.06. The van der Waals surface area contributed by atoms with E-state index in [1.54, 1.807) is 16.7 Å². The molecule has 2 aromatic carbocycles. The first-order chi connectivity index (χ1) is 15.0. The molecule has 0 aliphatic heterocycles. The monoisotopic (exact) mass is 440 g/mol. The topological polar surface area (TPSA) is 49.4 Å². The van der Waals surface area contributed by atoms with Gasteiger partial charge in [0.25, 0.3) is 0 Å². The van der Waals surface area contributed by atoms with Crippen LogP contribution >= 0.6 is 11.8 Å². The van der Waals surface area contributed by atoms with Crippen molar-refractivity contribution in [2.75, 3.05) is 12.3 Å². The molecule has 1 N–H and O–H groups in total. The summed E-state index contributed by atoms with van der Waals surface area (Å²) < 4.78 is 0. The number of aryl methyl sites for hydroxylation is 2. The van der Waals surface area contributed by atoms with Crippen LogP contribution in [0.3, 0.4) is 0 Å². The molecule has 0 aliphatic carbocycles. The van der Waals surface area contributed by atoms with Crippen molar-refractivity contribution in [2.24, 2.45) is 0 Å². The summed E-state index contributed by atoms with van der Waals surface area (Å²) in [4.78, 5) is 27.9. The molecule has 31 heavy (non-hydrogen) atoms. The van der Waals surface area contributed by atoms with Crippen molar-refractivity contribution in [3.05, 3.63) is 70.8 Å². The summed E-state index contributed by atoms with van der Waals surface area (Å²) >= 11 is 1.61. The molecule has 4 nitrogen and oxygen atoms in total. The van der Waals surface area contributed by atoms with Gasteiger partial charge in [-0.15, -0.1) is 11.8 Å². The van der Waals surface area contributed by atoms with Crippen molar-refractivity contribution < 1.29 is 9.59 Å². The van der Waals surface area contributed by atoms with E-state index >= 15 is 0 Å². The van der Waals surface area contributed by atoms with Gasteiger partial charge in [-0.3, -0.25) is 9.59 Å². The number of benzene rings is 2. The minimum absolute atomic E-state index is 0.0108. The van der Waals surface area contributed by atoms with Crippen molar-refractivity contribution in [1.82, 2.24) is 10.2 Å². The molecule has 0 fully saturated rings. The Kier molecular flexibility index (Phi) is 10.6. The van der Waals surface area contributed by atoms with Crippen molar-refractivity contribution in [3.8, 4) is 0 Å². The van der Waals surface area contributed by atoms with Gasteiger partial charge in [-0.25, -0.2) is 0 Å². The van der Waals surface area contributed by atoms with Crippen molar-refractivity contribution >= 4 is 23.6 Å². The van der Waals surface area contributed by atoms with Crippen LogP contribution < -0.4 is 5.32 Å². The second-order valence-corrected chi connectivity index (χ2v) is 8.98. The third-order valence-electron chi connectivity index (χ3n) is 5.43. The van der Waals surface area contributed by atoms with Crippen LogP contribution in [0.4, 0.5) is 0 Å². The third-order valence-corrected chi connectivity index (χ3v) is 6.40. The van der Waals surface area contributed by atoms with Crippen LogP contribution in [-0.4, -0.2) is 35.1 Å². The molecule has 0 aliphatic rings. The predicted molar refractivity (Wildman–Crippen MR) is 131 cm³/mol. The summed E-state index contributed by atoms with van der Waals surface area (Å²) in [5.41, 5.74) is 4.71. The van der Waals surface area contributed by atoms with Crippen LogP contribution in [0.5, 0.6) is 0 Å². The molecule has 0 saturated carbocycles. The number of amides is 2. The standard InChI is InChI=1S/C26H36N2O2S/c1-5-7-16-27-26(30)24(6-2)28(17-22-14-12-20(3)13-15-22)25(29)19-31-18-23-11-9-8-10-21(23)4/h8-15,24H,5-7,16-19H2,1-4H3,(H,27,30)/t24-/m0/s1. The highest BCUT2D eigenvalue weighted by Crippen LogP contribution is 2.19. The SMILES string of the molecule is CCCCNC(=O)[C@H](CC)N(Cc1ccc(C)cc1)C(=O)CSCc1ccccc1C. The maximum Gasteiger partial charge on any atom is 0.242 e. The second-order valence-electron chi connectivity index (χ2n) is 8.00. The van der Waals surface area contributed by atoms with Crippen LogP contribution in [-0.2, 0) is 21.9 Å². The largest absolute Gasteiger partial charge is 0.354 e. The predicted octanol–water partition coefficient (Wildman–Crippen LogP) is 5.26. The molecule has 0 saturated heterocycles. The van der Waals surface area contributed by atoms with E-state index in [9.17, 15) is 9.59 Å². The number of thioether (sulfide) groups is 1. The number of rotatable bonds is 12. The summed E-state index contributed by atoms with van der Waals surface area (Å²) in [6.07, 6.45) is 2.57. The smallest absolute Gasteiger partial charge is 0.242 e. The molecule has 0 bridgehead atoms. The Morgan fingerprint density at radius 2 is 1.74 bits per heavy atom. The van der Waals surface area contributed by atoms with Crippen LogP contribution in [0.25, 0.3) is 0 Å². The van der Waals surface area contributed by atoms with E-state index in [0.29, 0.717) is 25.3 Å². The molecule has 0 heterocycles. The average Bonchev–Trinajstić information content (AvgIpc) is 2.76. The van der Waals surface area contributed by atoms with Crippen LogP contribution in [0, 0.1) is 13.8 Å². The highest BCUT2D eigenvalue weighted by molar-refractivity contribution is 7.99. The zero-order valence-electron chi connectivity index (χ0n) is 19.3. The summed E-state index contributed by atoms with van der Waals surface area (Å²) in [6.45, 7) is 9.31. The zero-order valence-corrected chi connectivity index (χ0v) is 20.1. The minimum Gasteiger partial charge on any atom is -0.354 e. The molecule has 0 aromatic heterocycles. The van der Waals surface area contributed by atoms with E-state index in [1.807, 2.05) is 50.2 Å². The van der Waals surface area contributed by atoms with E-state index in [4.69, 9.17) is 0 Å². The summed E-state index contributed by atoms with van der Waals surface area (Å²) in [5, 5.41) is 3.01. The summed E-state index contributed by atoms with van der Waals surface area (Å²) in [5.74, 6) is 1.10. The normalized spacial score (nSPS) is 11.7. The van der Waals surface area contributed by atoms with Gasteiger partial charge in [-0.2, -0.15) is 0 Å². The summed E-state index contributed by atoms with van der Waals surface area (Å²) in [6, 6.07) is 16.0. The molecule has 2 rings (SSSR count). The molecule has 0 radical (unpaired) electrons. The lowest BCUT2D eigenvalue weighted by molar-refractivity contribution is -0.139. The van der Waals surface area contributed by atoms with Crippen molar-refractivity contribution in [1.29, 1.82) is 0 Å². The van der Waals surface area contributed by atoms with Gasteiger partial charge in [-0.05, 0) is 43.4 Å². The first kappa shape index (κ1) is 25.0. The van der Waals surface area contributed by atoms with Gasteiger partial charge >= 0.3 is 0 Å². The first-order valence-corrected chi connectivity index (χ1v) is 12.4. The number of nitrogens with one attached hydrogen (secondary N) is 1. The zero-order chi connectivity index (χ0) is 22.6. The number of carbonyl (C=O) groups is 2. The Morgan fingerprint density at radius 3 is 2.39 bits per heavy atom. The van der Waals surface area contributed by atoms with Gasteiger partial charge in [0.2, 0.25) is 11.8 Å². The van der Waals surface area contributed by atoms with Crippen molar-refractivity contribution in [3.63, 3.8) is 0 Å². The van der Waals surface area contributed by atoms with E-state index < -0.39 is 6.04 Å². The minimum atomic E-state index is -0.454. The first-order valence-electron chi connectivity index (χ1n) is 11.2. The van der Waals surface area contributed by atoms with Crippen molar-refractivity contribution in [2.45, 2.75) is 65.3 Å². The molecule has 0 unspecified atom stereocenters. The lowest BCUT2D eigenvalue weighted by atomic mass is 10.1. The van der Waals surface area contributed by atoms with Crippen LogP contribution in [0.1, 0.15) is 55.4 Å². The molecule has 5 heteroatoms. The van der Waals surface area contributed by atoms with Gasteiger partial charge < -0.3 is 10.2 Å². The Labute approximate surface area is 191 Å². The number of nitrogens with zero attached hydrogens (tertiary/aromatic N) is 1. The molecule has 2 aromatic rings. The van der Waals surface area contributed by atoms with Gasteiger partial charge in [0, 0.05) is 18.8 Å². The second kappa shape index (κ2) is 13.2. The molecular formula is C26H36N2O2S. The fourth-order valence-corrected chi connectivity index (χ4v) is 4.41. The van der Waals surface area contributed by atoms with Gasteiger partial charge in [0.1, 0.15) is 6.04 Å². The number of hydrogen-bond acceptors (Lipinski definition) is 3. The molecular weight excluding hydrogens is 404 g/mol. The maximum atomic E-state index is 13.2. The molecule has 1 atom stereocenters. The van der Waals surface area contributed by atoms with E-state index in [1.165, 1.54) is 16.7 Å². The van der Waals surface area contributed by atoms with Gasteiger partial charge in [0.05, 0.1) is 5.75 Å². The number of carbonyl (C=O) groups excluding carboxylic acids is 2. The van der Waals surface area contributed by atoms with E-state index in [0.717, 1.165) is 24.2 Å². The Bertz CT molecular complexity index is 836. The molecule has 0 spiro atoms.